The molecule has 1 amide bonds. The van der Waals surface area contributed by atoms with Crippen molar-refractivity contribution in [3.63, 3.8) is 0 Å². The lowest BCUT2D eigenvalue weighted by Crippen LogP contribution is -2.60. The number of unbranched alkanes of at least 4 members (excludes halogenated alkanes) is 47. The molecule has 1 heterocycles. The summed E-state index contributed by atoms with van der Waals surface area (Å²) in [5.74, 6) is -0.687. The van der Waals surface area contributed by atoms with E-state index < -0.39 is 74.2 Å². The van der Waals surface area contributed by atoms with Crippen molar-refractivity contribution in [1.82, 2.24) is 5.32 Å². The second-order valence-corrected chi connectivity index (χ2v) is 23.9. The zero-order valence-corrected chi connectivity index (χ0v) is 50.0. The molecule has 1 aliphatic rings. The van der Waals surface area contributed by atoms with Crippen LogP contribution in [0.2, 0.25) is 0 Å². The lowest BCUT2D eigenvalue weighted by atomic mass is 9.98. The van der Waals surface area contributed by atoms with Gasteiger partial charge in [-0.15, -0.1) is 0 Å². The van der Waals surface area contributed by atoms with E-state index >= 15 is 0 Å². The largest absolute Gasteiger partial charge is 0.394 e. The molecule has 0 aliphatic carbocycles. The Kier molecular flexibility index (Phi) is 52.6. The van der Waals surface area contributed by atoms with Crippen LogP contribution in [0.4, 0.5) is 0 Å². The minimum absolute atomic E-state index is 0.268. The van der Waals surface area contributed by atoms with Crippen LogP contribution in [0.3, 0.4) is 0 Å². The first-order valence-electron chi connectivity index (χ1n) is 33.4. The molecule has 9 atom stereocenters. The Labute approximate surface area is 469 Å². The molecule has 0 aromatic carbocycles. The number of aliphatic hydroxyl groups is 7. The molecule has 8 N–H and O–H groups in total. The molecular weight excluding hydrogens is 955 g/mol. The summed E-state index contributed by atoms with van der Waals surface area (Å²) in [7, 11) is 0. The third kappa shape index (κ3) is 42.0. The minimum Gasteiger partial charge on any atom is -0.394 e. The molecule has 454 valence electrons. The third-order valence-electron chi connectivity index (χ3n) is 16.7. The summed E-state index contributed by atoms with van der Waals surface area (Å²) in [6.45, 7) is 3.52. The molecule has 0 bridgehead atoms. The van der Waals surface area contributed by atoms with E-state index in [9.17, 15) is 40.5 Å². The number of hydrogen-bond acceptors (Lipinski definition) is 10. The van der Waals surface area contributed by atoms with Crippen LogP contribution in [0.1, 0.15) is 341 Å². The highest BCUT2D eigenvalue weighted by atomic mass is 16.7. The Hall–Kier alpha value is -0.890. The summed E-state index contributed by atoms with van der Waals surface area (Å²) >= 11 is 0. The highest BCUT2D eigenvalue weighted by molar-refractivity contribution is 5.80. The van der Waals surface area contributed by atoms with Crippen LogP contribution in [-0.4, -0.2) is 110 Å². The number of ether oxygens (including phenoxy) is 2. The van der Waals surface area contributed by atoms with Gasteiger partial charge in [-0.25, -0.2) is 0 Å². The number of carbonyl (C=O) groups is 1. The second-order valence-electron chi connectivity index (χ2n) is 23.9. The van der Waals surface area contributed by atoms with Gasteiger partial charge in [0.1, 0.15) is 36.6 Å². The van der Waals surface area contributed by atoms with Gasteiger partial charge in [-0.2, -0.15) is 0 Å². The van der Waals surface area contributed by atoms with Gasteiger partial charge in [0.25, 0.3) is 0 Å². The summed E-state index contributed by atoms with van der Waals surface area (Å²) in [6, 6.07) is -1.16. The highest BCUT2D eigenvalue weighted by Crippen LogP contribution is 2.24. The SMILES string of the molecule is CCCCCCCCCCCCCCCCCCCCCCCCCCCCCC(O)C(=O)NC(COC1OC(CO)C(O)C(O)C1O)C(O)C(O)CCCCCCCCCCCCCCCCCCCCCCCC. The van der Waals surface area contributed by atoms with Gasteiger partial charge in [-0.1, -0.05) is 328 Å². The second kappa shape index (κ2) is 54.7. The smallest absolute Gasteiger partial charge is 0.249 e. The van der Waals surface area contributed by atoms with Gasteiger partial charge in [0, 0.05) is 0 Å². The molecule has 0 saturated carbocycles. The molecule has 0 aromatic rings. The third-order valence-corrected chi connectivity index (χ3v) is 16.7. The van der Waals surface area contributed by atoms with Gasteiger partial charge in [0.15, 0.2) is 6.29 Å². The standard InChI is InChI=1S/C65H129NO10/c1-3-5-7-9-11-13-15-17-19-21-23-25-27-28-29-30-31-33-35-37-39-41-43-45-47-49-51-53-58(69)64(74)66-56(55-75-65-63(73)62(72)61(71)59(54-67)76-65)60(70)57(68)52-50-48-46-44-42-40-38-36-34-32-26-24-22-20-18-16-14-12-10-8-6-4-2/h56-63,65,67-73H,3-55H2,1-2H3,(H,66,74). The zero-order chi connectivity index (χ0) is 55.4. The zero-order valence-electron chi connectivity index (χ0n) is 50.0. The van der Waals surface area contributed by atoms with E-state index in [4.69, 9.17) is 9.47 Å². The van der Waals surface area contributed by atoms with Gasteiger partial charge in [-0.3, -0.25) is 4.79 Å². The fourth-order valence-corrected chi connectivity index (χ4v) is 11.3. The van der Waals surface area contributed by atoms with Crippen LogP contribution < -0.4 is 5.32 Å². The summed E-state index contributed by atoms with van der Waals surface area (Å²) in [5.41, 5.74) is 0. The van der Waals surface area contributed by atoms with Crippen molar-refractivity contribution in [2.24, 2.45) is 0 Å². The summed E-state index contributed by atoms with van der Waals surface area (Å²) in [5, 5.41) is 76.4. The number of rotatable bonds is 59. The average Bonchev–Trinajstić information content (AvgIpc) is 3.42. The molecule has 1 rings (SSSR count). The molecule has 9 unspecified atom stereocenters. The Morgan fingerprint density at radius 1 is 0.408 bits per heavy atom. The molecule has 0 radical (unpaired) electrons. The van der Waals surface area contributed by atoms with Crippen LogP contribution in [0, 0.1) is 0 Å². The Bertz CT molecular complexity index is 1200. The van der Waals surface area contributed by atoms with E-state index in [1.54, 1.807) is 0 Å². The lowest BCUT2D eigenvalue weighted by molar-refractivity contribution is -0.303. The monoisotopic (exact) mass is 1080 g/mol. The Morgan fingerprint density at radius 3 is 0.974 bits per heavy atom. The number of aliphatic hydroxyl groups excluding tert-OH is 7. The van der Waals surface area contributed by atoms with Crippen molar-refractivity contribution in [2.45, 2.75) is 396 Å². The first kappa shape index (κ1) is 73.1. The van der Waals surface area contributed by atoms with E-state index in [2.05, 4.69) is 19.2 Å². The average molecular weight is 1080 g/mol. The van der Waals surface area contributed by atoms with Crippen LogP contribution in [-0.2, 0) is 14.3 Å². The summed E-state index contributed by atoms with van der Waals surface area (Å²) in [4.78, 5) is 13.2. The first-order chi connectivity index (χ1) is 37.2. The molecule has 76 heavy (non-hydrogen) atoms. The molecule has 0 spiro atoms. The highest BCUT2D eigenvalue weighted by Gasteiger charge is 2.44. The van der Waals surface area contributed by atoms with Gasteiger partial charge in [0.2, 0.25) is 5.91 Å². The Morgan fingerprint density at radius 2 is 0.684 bits per heavy atom. The first-order valence-corrected chi connectivity index (χ1v) is 33.4. The maximum absolute atomic E-state index is 13.2. The molecule has 1 saturated heterocycles. The lowest BCUT2D eigenvalue weighted by Gasteiger charge is -2.40. The Balaban J connectivity index is 2.21. The molecule has 1 fully saturated rings. The van der Waals surface area contributed by atoms with Crippen molar-refractivity contribution in [2.75, 3.05) is 13.2 Å². The maximum atomic E-state index is 13.2. The van der Waals surface area contributed by atoms with Gasteiger partial charge in [0.05, 0.1) is 25.4 Å². The number of carbonyl (C=O) groups excluding carboxylic acids is 1. The fourth-order valence-electron chi connectivity index (χ4n) is 11.3. The van der Waals surface area contributed by atoms with Crippen molar-refractivity contribution >= 4 is 5.91 Å². The normalized spacial score (nSPS) is 19.5. The summed E-state index contributed by atoms with van der Waals surface area (Å²) in [6.07, 6.45) is 53.1. The molecule has 1 aliphatic heterocycles. The van der Waals surface area contributed by atoms with Crippen LogP contribution >= 0.6 is 0 Å². The van der Waals surface area contributed by atoms with Gasteiger partial charge in [-0.05, 0) is 12.8 Å². The van der Waals surface area contributed by atoms with E-state index in [-0.39, 0.29) is 6.42 Å². The van der Waals surface area contributed by atoms with Crippen molar-refractivity contribution < 1.29 is 50.0 Å². The van der Waals surface area contributed by atoms with Gasteiger partial charge < -0.3 is 50.5 Å². The summed E-state index contributed by atoms with van der Waals surface area (Å²) < 4.78 is 11.2. The molecule has 11 nitrogen and oxygen atoms in total. The number of hydrogen-bond donors (Lipinski definition) is 8. The number of nitrogens with one attached hydrogen (secondary N) is 1. The molecule has 11 heteroatoms. The predicted octanol–water partition coefficient (Wildman–Crippen LogP) is 15.3. The van der Waals surface area contributed by atoms with E-state index in [0.717, 1.165) is 38.5 Å². The number of amides is 1. The van der Waals surface area contributed by atoms with Crippen LogP contribution in [0.15, 0.2) is 0 Å². The molecule has 0 aromatic heterocycles. The van der Waals surface area contributed by atoms with Gasteiger partial charge >= 0.3 is 0 Å². The maximum Gasteiger partial charge on any atom is 0.249 e. The van der Waals surface area contributed by atoms with Crippen molar-refractivity contribution in [3.8, 4) is 0 Å². The fraction of sp³-hybridized carbons (Fsp3) is 0.985. The quantitative estimate of drug-likeness (QED) is 0.0272. The van der Waals surface area contributed by atoms with E-state index in [0.29, 0.717) is 19.3 Å². The van der Waals surface area contributed by atoms with E-state index in [1.807, 2.05) is 0 Å². The minimum atomic E-state index is -1.66. The predicted molar refractivity (Wildman–Crippen MR) is 316 cm³/mol. The van der Waals surface area contributed by atoms with Crippen molar-refractivity contribution in [1.29, 1.82) is 0 Å². The van der Waals surface area contributed by atoms with Crippen molar-refractivity contribution in [3.05, 3.63) is 0 Å². The van der Waals surface area contributed by atoms with Crippen LogP contribution in [0.25, 0.3) is 0 Å². The molecular formula is C65H129NO10. The van der Waals surface area contributed by atoms with Crippen LogP contribution in [0.5, 0.6) is 0 Å². The topological polar surface area (TPSA) is 189 Å². The van der Waals surface area contributed by atoms with E-state index in [1.165, 1.54) is 263 Å².